The second-order valence-corrected chi connectivity index (χ2v) is 9.05. The summed E-state index contributed by atoms with van der Waals surface area (Å²) in [7, 11) is 23.7. The maximum atomic E-state index is 14.7. The first-order valence-corrected chi connectivity index (χ1v) is 11.0. The highest BCUT2D eigenvalue weighted by Gasteiger charge is 2.46. The van der Waals surface area contributed by atoms with Gasteiger partial charge >= 0.3 is 5.92 Å². The Morgan fingerprint density at radius 2 is 1.64 bits per heavy atom. The van der Waals surface area contributed by atoms with Crippen molar-refractivity contribution in [3.63, 3.8) is 0 Å². The standard InChI is InChI=1S/C22H14B4ClF2N3O4/c23-14-15(24)17(33)30-18(34)16(14)32-8-9-7-11(3-6-13(9)19(32)35)22(25,26)31-20(36)21(28,29)10-1-4-12(27)5-2-10/h1-7,14-16H,8H2,(H,31,36)(H,30,33,34). The lowest BCUT2D eigenvalue weighted by Crippen LogP contribution is -2.57. The minimum atomic E-state index is -3.97. The van der Waals surface area contributed by atoms with Gasteiger partial charge in [0.1, 0.15) is 6.04 Å². The smallest absolute Gasteiger partial charge is 0.349 e. The van der Waals surface area contributed by atoms with Gasteiger partial charge in [-0.2, -0.15) is 8.78 Å². The average Bonchev–Trinajstić information content (AvgIpc) is 3.13. The molecule has 1 fully saturated rings. The van der Waals surface area contributed by atoms with E-state index in [2.05, 4.69) is 5.32 Å². The highest BCUT2D eigenvalue weighted by Crippen LogP contribution is 2.36. The third kappa shape index (κ3) is 4.45. The average molecular weight is 501 g/mol. The summed E-state index contributed by atoms with van der Waals surface area (Å²) in [6.45, 7) is -0.125. The van der Waals surface area contributed by atoms with Crippen molar-refractivity contribution in [1.82, 2.24) is 15.5 Å². The fourth-order valence-electron chi connectivity index (χ4n) is 4.13. The zero-order chi connectivity index (χ0) is 26.6. The third-order valence-corrected chi connectivity index (χ3v) is 6.41. The molecule has 0 aromatic heterocycles. The molecule has 36 heavy (non-hydrogen) atoms. The van der Waals surface area contributed by atoms with Crippen LogP contribution in [0.1, 0.15) is 27.0 Å². The monoisotopic (exact) mass is 501 g/mol. The fourth-order valence-corrected chi connectivity index (χ4v) is 4.25. The van der Waals surface area contributed by atoms with Crippen LogP contribution >= 0.6 is 11.6 Å². The Morgan fingerprint density at radius 1 is 1.03 bits per heavy atom. The lowest BCUT2D eigenvalue weighted by Gasteiger charge is -2.38. The van der Waals surface area contributed by atoms with Crippen molar-refractivity contribution < 1.29 is 28.0 Å². The minimum absolute atomic E-state index is 0.0143. The highest BCUT2D eigenvalue weighted by atomic mass is 35.5. The number of piperidine rings is 1. The second kappa shape index (κ2) is 9.10. The number of fused-ring (bicyclic) bond motifs is 1. The van der Waals surface area contributed by atoms with Crippen LogP contribution in [0.2, 0.25) is 16.7 Å². The van der Waals surface area contributed by atoms with E-state index in [1.807, 2.05) is 5.32 Å². The number of halogens is 3. The molecule has 1 saturated heterocycles. The Morgan fingerprint density at radius 3 is 2.28 bits per heavy atom. The van der Waals surface area contributed by atoms with E-state index in [0.717, 1.165) is 17.0 Å². The van der Waals surface area contributed by atoms with E-state index < -0.39 is 58.1 Å². The van der Waals surface area contributed by atoms with Crippen LogP contribution in [0.25, 0.3) is 0 Å². The molecule has 0 saturated carbocycles. The molecule has 2 aromatic carbocycles. The molecule has 2 heterocycles. The first-order valence-electron chi connectivity index (χ1n) is 10.6. The third-order valence-electron chi connectivity index (χ3n) is 6.16. The van der Waals surface area contributed by atoms with Gasteiger partial charge in [0.2, 0.25) is 11.8 Å². The molecule has 2 aliphatic heterocycles. The summed E-state index contributed by atoms with van der Waals surface area (Å²) < 4.78 is 29.4. The number of amides is 4. The largest absolute Gasteiger partial charge is 0.358 e. The first kappa shape index (κ1) is 26.0. The molecule has 4 rings (SSSR count). The van der Waals surface area contributed by atoms with Crippen LogP contribution in [-0.4, -0.2) is 66.0 Å². The maximum Gasteiger partial charge on any atom is 0.349 e. The van der Waals surface area contributed by atoms with Crippen LogP contribution in [0.5, 0.6) is 0 Å². The molecular formula is C22H14B4ClF2N3O4. The summed E-state index contributed by atoms with van der Waals surface area (Å²) in [6, 6.07) is 7.17. The van der Waals surface area contributed by atoms with Crippen LogP contribution in [0.3, 0.4) is 0 Å². The predicted octanol–water partition coefficient (Wildman–Crippen LogP) is 0.590. The lowest BCUT2D eigenvalue weighted by atomic mass is 9.57. The molecule has 14 heteroatoms. The van der Waals surface area contributed by atoms with Crippen LogP contribution in [0, 0.1) is 0 Å². The highest BCUT2D eigenvalue weighted by molar-refractivity contribution is 6.40. The number of nitrogens with zero attached hydrogens (tertiary/aromatic N) is 1. The number of imide groups is 1. The Balaban J connectivity index is 1.55. The van der Waals surface area contributed by atoms with E-state index in [1.54, 1.807) is 0 Å². The number of benzene rings is 2. The maximum absolute atomic E-state index is 14.7. The van der Waals surface area contributed by atoms with Gasteiger partial charge in [-0.05, 0) is 46.3 Å². The molecular weight excluding hydrogens is 487 g/mol. The van der Waals surface area contributed by atoms with Crippen molar-refractivity contribution in [3.8, 4) is 0 Å². The minimum Gasteiger partial charge on any atom is -0.358 e. The quantitative estimate of drug-likeness (QED) is 0.464. The van der Waals surface area contributed by atoms with Crippen LogP contribution < -0.4 is 10.6 Å². The van der Waals surface area contributed by atoms with Crippen molar-refractivity contribution in [2.75, 3.05) is 0 Å². The predicted molar refractivity (Wildman–Crippen MR) is 129 cm³/mol. The number of hydrogen-bond donors (Lipinski definition) is 2. The number of carbonyl (C=O) groups is 4. The van der Waals surface area contributed by atoms with E-state index in [9.17, 15) is 28.0 Å². The van der Waals surface area contributed by atoms with Gasteiger partial charge in [-0.15, -0.1) is 0 Å². The van der Waals surface area contributed by atoms with Gasteiger partial charge in [-0.25, -0.2) is 0 Å². The van der Waals surface area contributed by atoms with Gasteiger partial charge in [-0.1, -0.05) is 35.9 Å². The summed E-state index contributed by atoms with van der Waals surface area (Å²) in [6.07, 6.45) is 0. The molecule has 8 radical (unpaired) electrons. The van der Waals surface area contributed by atoms with Gasteiger partial charge < -0.3 is 10.2 Å². The molecule has 2 N–H and O–H groups in total. The molecule has 3 atom stereocenters. The summed E-state index contributed by atoms with van der Waals surface area (Å²) in [5, 5.41) is 1.97. The van der Waals surface area contributed by atoms with Gasteiger partial charge in [0.25, 0.3) is 11.8 Å². The van der Waals surface area contributed by atoms with Gasteiger partial charge in [0.15, 0.2) is 0 Å². The SMILES string of the molecule is [B]C1C(=O)NC(=O)C(N2Cc3cc(C([B])([B])NC(=O)C(F)(F)c4ccc(Cl)cc4)ccc3C2=O)C1[B]. The van der Waals surface area contributed by atoms with Crippen LogP contribution in [0.4, 0.5) is 8.78 Å². The summed E-state index contributed by atoms with van der Waals surface area (Å²) in [5.41, 5.74) is -0.0746. The number of alkyl halides is 2. The number of hydrogen-bond acceptors (Lipinski definition) is 4. The Kier molecular flexibility index (Phi) is 6.58. The summed E-state index contributed by atoms with van der Waals surface area (Å²) in [4.78, 5) is 50.6. The number of carbonyl (C=O) groups excluding carboxylic acids is 4. The molecule has 174 valence electrons. The van der Waals surface area contributed by atoms with E-state index in [0.29, 0.717) is 5.56 Å². The van der Waals surface area contributed by atoms with Gasteiger partial charge in [0, 0.05) is 22.7 Å². The molecule has 4 amide bonds. The Labute approximate surface area is 215 Å². The Hall–Kier alpha value is -3.07. The van der Waals surface area contributed by atoms with E-state index >= 15 is 0 Å². The van der Waals surface area contributed by atoms with Crippen molar-refractivity contribution in [3.05, 3.63) is 69.7 Å². The topological polar surface area (TPSA) is 95.6 Å². The van der Waals surface area contributed by atoms with E-state index in [4.69, 9.17) is 43.0 Å². The van der Waals surface area contributed by atoms with Gasteiger partial charge in [0.05, 0.1) is 31.4 Å². The Bertz CT molecular complexity index is 1280. The van der Waals surface area contributed by atoms with Crippen molar-refractivity contribution in [1.29, 1.82) is 0 Å². The number of nitrogens with one attached hydrogen (secondary N) is 2. The van der Waals surface area contributed by atoms with Crippen LogP contribution in [-0.2, 0) is 32.2 Å². The van der Waals surface area contributed by atoms with Gasteiger partial charge in [-0.3, -0.25) is 24.5 Å². The zero-order valence-corrected chi connectivity index (χ0v) is 19.3. The second-order valence-electron chi connectivity index (χ2n) is 8.61. The summed E-state index contributed by atoms with van der Waals surface area (Å²) >= 11 is 5.71. The molecule has 3 unspecified atom stereocenters. The van der Waals surface area contributed by atoms with E-state index in [1.165, 1.54) is 30.3 Å². The number of rotatable bonds is 5. The van der Waals surface area contributed by atoms with Crippen molar-refractivity contribution in [2.45, 2.75) is 35.5 Å². The zero-order valence-electron chi connectivity index (χ0n) is 18.5. The molecule has 7 nitrogen and oxygen atoms in total. The normalized spacial score (nSPS) is 22.2. The van der Waals surface area contributed by atoms with E-state index in [-0.39, 0.29) is 22.7 Å². The summed E-state index contributed by atoms with van der Waals surface area (Å²) in [5.74, 6) is -10.2. The van der Waals surface area contributed by atoms with Crippen LogP contribution in [0.15, 0.2) is 42.5 Å². The molecule has 0 spiro atoms. The molecule has 2 aliphatic rings. The fraction of sp³-hybridized carbons (Fsp3) is 0.273. The first-order chi connectivity index (χ1) is 16.7. The molecule has 0 aliphatic carbocycles. The van der Waals surface area contributed by atoms with Crippen molar-refractivity contribution in [2.24, 2.45) is 0 Å². The lowest BCUT2D eigenvalue weighted by molar-refractivity contribution is -0.147. The van der Waals surface area contributed by atoms with Crippen molar-refractivity contribution >= 4 is 66.6 Å². The molecule has 2 aromatic rings. The molecule has 0 bridgehead atoms.